The molecule has 0 aliphatic rings. The van der Waals surface area contributed by atoms with Gasteiger partial charge in [0, 0.05) is 26.9 Å². The number of nitrogens with zero attached hydrogens (tertiary/aromatic N) is 3. The van der Waals surface area contributed by atoms with E-state index in [0.717, 1.165) is 64.6 Å². The van der Waals surface area contributed by atoms with Crippen LogP contribution in [0.3, 0.4) is 0 Å². The van der Waals surface area contributed by atoms with Crippen molar-refractivity contribution in [3.8, 4) is 0 Å². The second-order valence-corrected chi connectivity index (χ2v) is 15.9. The van der Waals surface area contributed by atoms with Crippen LogP contribution in [0.25, 0.3) is 0 Å². The number of ether oxygens (including phenoxy) is 1. The molecule has 0 aliphatic heterocycles. The van der Waals surface area contributed by atoms with Gasteiger partial charge in [-0.1, -0.05) is 136 Å². The largest absolute Gasteiger partial charge is 0.462 e. The Labute approximate surface area is 305 Å². The van der Waals surface area contributed by atoms with Gasteiger partial charge in [0.15, 0.2) is 0 Å². The molecule has 0 heterocycles. The fourth-order valence-electron chi connectivity index (χ4n) is 6.51. The van der Waals surface area contributed by atoms with Crippen LogP contribution in [0.1, 0.15) is 207 Å². The standard InChI is InChI=1S/C40H82N4O4S/c1-6-9-12-15-19-24-31-38(32-25-20-16-13-10-7-2)48-40(45)34-26-21-18-23-29-36-44(35-28-22-17-14-11-8-3)37-30-27-33-39(43(4)5)42-49(41,46)47/h38H,6-37H2,1-5H3,(H2,41,46,47). The number of carbonyl (C=O) groups excluding carboxylic acids is 1. The summed E-state index contributed by atoms with van der Waals surface area (Å²) in [6.07, 6.45) is 33.9. The molecule has 0 saturated carbocycles. The monoisotopic (exact) mass is 715 g/mol. The van der Waals surface area contributed by atoms with Crippen LogP contribution in [-0.4, -0.2) is 69.9 Å². The lowest BCUT2D eigenvalue weighted by Crippen LogP contribution is -2.28. The minimum atomic E-state index is -3.88. The van der Waals surface area contributed by atoms with Crippen molar-refractivity contribution in [3.63, 3.8) is 0 Å². The Bertz CT molecular complexity index is 866. The van der Waals surface area contributed by atoms with Crippen molar-refractivity contribution in [3.05, 3.63) is 0 Å². The van der Waals surface area contributed by atoms with E-state index in [4.69, 9.17) is 9.88 Å². The minimum Gasteiger partial charge on any atom is -0.462 e. The van der Waals surface area contributed by atoms with Crippen LogP contribution in [0, 0.1) is 0 Å². The van der Waals surface area contributed by atoms with Crippen molar-refractivity contribution in [1.29, 1.82) is 0 Å². The van der Waals surface area contributed by atoms with Gasteiger partial charge in [-0.05, 0) is 77.4 Å². The van der Waals surface area contributed by atoms with Gasteiger partial charge in [-0.15, -0.1) is 4.40 Å². The van der Waals surface area contributed by atoms with Crippen LogP contribution in [0.5, 0.6) is 0 Å². The molecule has 0 spiro atoms. The Morgan fingerprint density at radius 1 is 0.571 bits per heavy atom. The topological polar surface area (TPSA) is 105 Å². The van der Waals surface area contributed by atoms with E-state index in [0.29, 0.717) is 18.7 Å². The Morgan fingerprint density at radius 3 is 1.37 bits per heavy atom. The number of nitrogens with two attached hydrogens (primary N) is 1. The minimum absolute atomic E-state index is 0.0126. The molecule has 0 aromatic heterocycles. The molecule has 0 aliphatic carbocycles. The average Bonchev–Trinajstić information content (AvgIpc) is 3.05. The summed E-state index contributed by atoms with van der Waals surface area (Å²) in [5.74, 6) is 0.526. The average molecular weight is 715 g/mol. The predicted octanol–water partition coefficient (Wildman–Crippen LogP) is 10.7. The van der Waals surface area contributed by atoms with E-state index in [-0.39, 0.29) is 12.1 Å². The maximum absolute atomic E-state index is 12.8. The summed E-state index contributed by atoms with van der Waals surface area (Å²) >= 11 is 0. The molecule has 0 amide bonds. The van der Waals surface area contributed by atoms with E-state index < -0.39 is 10.2 Å². The first-order valence-corrected chi connectivity index (χ1v) is 22.3. The summed E-state index contributed by atoms with van der Waals surface area (Å²) in [5.41, 5.74) is 0. The second-order valence-electron chi connectivity index (χ2n) is 14.7. The maximum Gasteiger partial charge on any atom is 0.318 e. The van der Waals surface area contributed by atoms with E-state index in [9.17, 15) is 13.2 Å². The maximum atomic E-state index is 12.8. The number of esters is 1. The molecule has 0 radical (unpaired) electrons. The summed E-state index contributed by atoms with van der Waals surface area (Å²) in [5, 5.41) is 5.15. The Balaban J connectivity index is 4.52. The van der Waals surface area contributed by atoms with Gasteiger partial charge in [-0.3, -0.25) is 4.79 Å². The summed E-state index contributed by atoms with van der Waals surface area (Å²) in [6.45, 7) is 10.0. The number of carbonyl (C=O) groups is 1. The molecule has 9 heteroatoms. The van der Waals surface area contributed by atoms with Gasteiger partial charge in [0.2, 0.25) is 0 Å². The lowest BCUT2D eigenvalue weighted by molar-refractivity contribution is -0.150. The van der Waals surface area contributed by atoms with Crippen LogP contribution < -0.4 is 5.14 Å². The van der Waals surface area contributed by atoms with Gasteiger partial charge in [-0.25, -0.2) is 5.14 Å². The lowest BCUT2D eigenvalue weighted by atomic mass is 10.0. The third-order valence-corrected chi connectivity index (χ3v) is 10.1. The highest BCUT2D eigenvalue weighted by Crippen LogP contribution is 2.18. The Morgan fingerprint density at radius 2 is 0.939 bits per heavy atom. The van der Waals surface area contributed by atoms with Crippen molar-refractivity contribution in [1.82, 2.24) is 9.80 Å². The zero-order chi connectivity index (χ0) is 36.4. The van der Waals surface area contributed by atoms with E-state index >= 15 is 0 Å². The number of rotatable bonds is 36. The van der Waals surface area contributed by atoms with Crippen LogP contribution in [-0.2, 0) is 19.7 Å². The second kappa shape index (κ2) is 33.9. The third-order valence-electron chi connectivity index (χ3n) is 9.61. The molecular formula is C40H82N4O4S. The molecular weight excluding hydrogens is 633 g/mol. The summed E-state index contributed by atoms with van der Waals surface area (Å²) < 4.78 is 32.7. The first-order valence-electron chi connectivity index (χ1n) is 20.8. The first kappa shape index (κ1) is 47.8. The van der Waals surface area contributed by atoms with Gasteiger partial charge < -0.3 is 14.5 Å². The van der Waals surface area contributed by atoms with E-state index in [2.05, 4.69) is 30.1 Å². The molecule has 0 atom stereocenters. The number of unbranched alkanes of at least 4 members (excludes halogenated alkanes) is 20. The van der Waals surface area contributed by atoms with Crippen molar-refractivity contribution < 1.29 is 17.9 Å². The highest BCUT2D eigenvalue weighted by atomic mass is 32.2. The normalized spacial score (nSPS) is 12.4. The number of hydrogen-bond donors (Lipinski definition) is 1. The quantitative estimate of drug-likeness (QED) is 0.0300. The first-order chi connectivity index (χ1) is 23.6. The van der Waals surface area contributed by atoms with Crippen molar-refractivity contribution >= 4 is 22.0 Å². The van der Waals surface area contributed by atoms with Crippen molar-refractivity contribution in [2.45, 2.75) is 213 Å². The molecule has 0 rings (SSSR count). The molecule has 49 heavy (non-hydrogen) atoms. The molecule has 8 nitrogen and oxygen atoms in total. The molecule has 2 N–H and O–H groups in total. The van der Waals surface area contributed by atoms with Crippen LogP contribution in [0.2, 0.25) is 0 Å². The predicted molar refractivity (Wildman–Crippen MR) is 211 cm³/mol. The Kier molecular flexibility index (Phi) is 33.1. The van der Waals surface area contributed by atoms with E-state index in [1.807, 2.05) is 14.1 Å². The summed E-state index contributed by atoms with van der Waals surface area (Å²) in [6, 6.07) is 0. The van der Waals surface area contributed by atoms with Crippen LogP contribution in [0.4, 0.5) is 0 Å². The van der Waals surface area contributed by atoms with Crippen molar-refractivity contribution in [2.24, 2.45) is 9.54 Å². The van der Waals surface area contributed by atoms with Gasteiger partial charge in [0.1, 0.15) is 11.9 Å². The molecule has 0 fully saturated rings. The van der Waals surface area contributed by atoms with Gasteiger partial charge >= 0.3 is 16.2 Å². The highest BCUT2D eigenvalue weighted by molar-refractivity contribution is 7.88. The number of amidine groups is 1. The zero-order valence-electron chi connectivity index (χ0n) is 33.2. The SMILES string of the molecule is CCCCCCCCC(CCCCCCCC)OC(=O)CCCCCCCN(CCCCCCCC)CCCCC(=NS(N)(=O)=O)N(C)C. The van der Waals surface area contributed by atoms with Crippen molar-refractivity contribution in [2.75, 3.05) is 33.7 Å². The fraction of sp³-hybridized carbons (Fsp3) is 0.950. The van der Waals surface area contributed by atoms with Gasteiger partial charge in [0.05, 0.1) is 0 Å². The zero-order valence-corrected chi connectivity index (χ0v) is 34.0. The molecule has 0 unspecified atom stereocenters. The van der Waals surface area contributed by atoms with Gasteiger partial charge in [0.25, 0.3) is 0 Å². The Hall–Kier alpha value is -1.19. The van der Waals surface area contributed by atoms with Crippen LogP contribution >= 0.6 is 0 Å². The molecule has 292 valence electrons. The lowest BCUT2D eigenvalue weighted by Gasteiger charge is -2.23. The molecule has 0 saturated heterocycles. The van der Waals surface area contributed by atoms with Crippen LogP contribution in [0.15, 0.2) is 4.40 Å². The van der Waals surface area contributed by atoms with E-state index in [1.165, 1.54) is 128 Å². The summed E-state index contributed by atoms with van der Waals surface area (Å²) in [7, 11) is -0.263. The van der Waals surface area contributed by atoms with Gasteiger partial charge in [-0.2, -0.15) is 8.42 Å². The molecule has 0 aromatic carbocycles. The third kappa shape index (κ3) is 33.7. The van der Waals surface area contributed by atoms with E-state index in [1.54, 1.807) is 4.90 Å². The summed E-state index contributed by atoms with van der Waals surface area (Å²) in [4.78, 5) is 17.1. The smallest absolute Gasteiger partial charge is 0.318 e. The molecule has 0 bridgehead atoms. The molecule has 0 aromatic rings. The number of hydrogen-bond acceptors (Lipinski definition) is 5. The highest BCUT2D eigenvalue weighted by Gasteiger charge is 2.15. The fourth-order valence-corrected chi connectivity index (χ4v) is 7.06.